The molecule has 2 heterocycles. The predicted octanol–water partition coefficient (Wildman–Crippen LogP) is 2.48. The van der Waals surface area contributed by atoms with Crippen LogP contribution in [0.2, 0.25) is 0 Å². The van der Waals surface area contributed by atoms with Crippen LogP contribution in [0.3, 0.4) is 0 Å². The Morgan fingerprint density at radius 2 is 2.12 bits per heavy atom. The van der Waals surface area contributed by atoms with Gasteiger partial charge in [-0.1, -0.05) is 0 Å². The van der Waals surface area contributed by atoms with Gasteiger partial charge in [-0.2, -0.15) is 4.37 Å². The molecule has 0 saturated carbocycles. The van der Waals surface area contributed by atoms with Crippen LogP contribution in [0.5, 0.6) is 0 Å². The van der Waals surface area contributed by atoms with Crippen molar-refractivity contribution < 1.29 is 0 Å². The first-order valence-corrected chi connectivity index (χ1v) is 7.11. The third-order valence-corrected chi connectivity index (χ3v) is 4.29. The molecule has 4 nitrogen and oxygen atoms in total. The highest BCUT2D eigenvalue weighted by atomic mass is 32.2. The van der Waals surface area contributed by atoms with Crippen molar-refractivity contribution in [1.29, 1.82) is 0 Å². The average Bonchev–Trinajstić information content (AvgIpc) is 2.71. The molecular formula is C11H14N4S2. The molecule has 0 aromatic carbocycles. The molecule has 0 fully saturated rings. The molecule has 0 atom stereocenters. The molecule has 17 heavy (non-hydrogen) atoms. The van der Waals surface area contributed by atoms with Crippen molar-refractivity contribution in [3.8, 4) is 0 Å². The summed E-state index contributed by atoms with van der Waals surface area (Å²) in [7, 11) is 2.05. The smallest absolute Gasteiger partial charge is 0.153 e. The van der Waals surface area contributed by atoms with E-state index in [2.05, 4.69) is 14.3 Å². The highest BCUT2D eigenvalue weighted by molar-refractivity contribution is 7.99. The van der Waals surface area contributed by atoms with Crippen LogP contribution in [0.1, 0.15) is 5.56 Å². The van der Waals surface area contributed by atoms with Crippen LogP contribution >= 0.6 is 23.3 Å². The number of nitrogens with two attached hydrogens (primary N) is 1. The number of pyridine rings is 1. The standard InChI is InChI=1S/C11H14N4S2/c1-15(7-8-3-5-13-6-4-8)11-9(16-2)10(12)14-17-11/h3-6H,7H2,1-2H3,(H2,12,14). The lowest BCUT2D eigenvalue weighted by Crippen LogP contribution is -2.15. The van der Waals surface area contributed by atoms with E-state index in [1.807, 2.05) is 25.4 Å². The highest BCUT2D eigenvalue weighted by Crippen LogP contribution is 2.37. The van der Waals surface area contributed by atoms with Gasteiger partial charge < -0.3 is 10.6 Å². The monoisotopic (exact) mass is 266 g/mol. The molecule has 0 aliphatic rings. The van der Waals surface area contributed by atoms with E-state index in [9.17, 15) is 0 Å². The summed E-state index contributed by atoms with van der Waals surface area (Å²) in [6, 6.07) is 4.03. The quantitative estimate of drug-likeness (QED) is 0.862. The SMILES string of the molecule is CSc1c(N)nsc1N(C)Cc1ccncc1. The Hall–Kier alpha value is -1.27. The van der Waals surface area contributed by atoms with Crippen LogP contribution in [0.25, 0.3) is 0 Å². The lowest BCUT2D eigenvalue weighted by Gasteiger charge is -2.17. The topological polar surface area (TPSA) is 55.0 Å². The zero-order valence-corrected chi connectivity index (χ0v) is 11.4. The van der Waals surface area contributed by atoms with Crippen molar-refractivity contribution in [2.75, 3.05) is 23.9 Å². The van der Waals surface area contributed by atoms with Gasteiger partial charge in [0.15, 0.2) is 5.82 Å². The van der Waals surface area contributed by atoms with E-state index >= 15 is 0 Å². The fraction of sp³-hybridized carbons (Fsp3) is 0.273. The summed E-state index contributed by atoms with van der Waals surface area (Å²) in [5, 5.41) is 1.12. The number of hydrogen-bond acceptors (Lipinski definition) is 6. The maximum absolute atomic E-state index is 5.82. The van der Waals surface area contributed by atoms with Gasteiger partial charge in [-0.25, -0.2) is 0 Å². The Bertz CT molecular complexity index is 483. The third kappa shape index (κ3) is 2.70. The van der Waals surface area contributed by atoms with Gasteiger partial charge in [-0.15, -0.1) is 11.8 Å². The van der Waals surface area contributed by atoms with Gasteiger partial charge in [0.2, 0.25) is 0 Å². The lowest BCUT2D eigenvalue weighted by molar-refractivity contribution is 0.921. The molecule has 2 N–H and O–H groups in total. The minimum absolute atomic E-state index is 0.624. The van der Waals surface area contributed by atoms with Gasteiger partial charge >= 0.3 is 0 Å². The number of thioether (sulfide) groups is 1. The van der Waals surface area contributed by atoms with Gasteiger partial charge in [0.1, 0.15) is 5.00 Å². The number of rotatable bonds is 4. The molecule has 2 rings (SSSR count). The second-order valence-corrected chi connectivity index (χ2v) is 5.19. The zero-order valence-electron chi connectivity index (χ0n) is 9.75. The molecule has 0 spiro atoms. The minimum atomic E-state index is 0.624. The fourth-order valence-electron chi connectivity index (χ4n) is 1.55. The van der Waals surface area contributed by atoms with E-state index < -0.39 is 0 Å². The van der Waals surface area contributed by atoms with Gasteiger partial charge in [0, 0.05) is 26.0 Å². The first-order chi connectivity index (χ1) is 8.22. The van der Waals surface area contributed by atoms with Crippen LogP contribution in [0.15, 0.2) is 29.4 Å². The number of aromatic nitrogens is 2. The van der Waals surface area contributed by atoms with E-state index in [1.54, 1.807) is 24.2 Å². The molecule has 2 aromatic rings. The van der Waals surface area contributed by atoms with E-state index in [1.165, 1.54) is 17.1 Å². The molecule has 0 aliphatic carbocycles. The predicted molar refractivity (Wildman–Crippen MR) is 74.7 cm³/mol. The molecule has 0 aliphatic heterocycles. The van der Waals surface area contributed by atoms with E-state index in [4.69, 9.17) is 5.73 Å². The average molecular weight is 266 g/mol. The lowest BCUT2D eigenvalue weighted by atomic mass is 10.2. The largest absolute Gasteiger partial charge is 0.382 e. The van der Waals surface area contributed by atoms with Gasteiger partial charge in [0.05, 0.1) is 4.90 Å². The Morgan fingerprint density at radius 1 is 1.41 bits per heavy atom. The minimum Gasteiger partial charge on any atom is -0.382 e. The molecule has 0 amide bonds. The van der Waals surface area contributed by atoms with E-state index in [-0.39, 0.29) is 0 Å². The number of anilines is 2. The van der Waals surface area contributed by atoms with E-state index in [0.717, 1.165) is 16.4 Å². The molecule has 0 bridgehead atoms. The fourth-order valence-corrected chi connectivity index (χ4v) is 3.23. The second kappa shape index (κ2) is 5.37. The molecule has 6 heteroatoms. The van der Waals surface area contributed by atoms with Crippen LogP contribution in [0, 0.1) is 0 Å². The van der Waals surface area contributed by atoms with Crippen LogP contribution in [-0.2, 0) is 6.54 Å². The normalized spacial score (nSPS) is 10.5. The summed E-state index contributed by atoms with van der Waals surface area (Å²) in [5.74, 6) is 0.624. The Balaban J connectivity index is 2.17. The molecule has 0 saturated heterocycles. The summed E-state index contributed by atoms with van der Waals surface area (Å²) in [5.41, 5.74) is 7.05. The molecule has 90 valence electrons. The first kappa shape index (κ1) is 12.2. The summed E-state index contributed by atoms with van der Waals surface area (Å²) < 4.78 is 4.19. The summed E-state index contributed by atoms with van der Waals surface area (Å²) >= 11 is 3.08. The zero-order chi connectivity index (χ0) is 12.3. The summed E-state index contributed by atoms with van der Waals surface area (Å²) in [6.45, 7) is 0.831. The first-order valence-electron chi connectivity index (χ1n) is 5.11. The number of nitrogen functional groups attached to an aromatic ring is 1. The summed E-state index contributed by atoms with van der Waals surface area (Å²) in [6.07, 6.45) is 5.63. The molecule has 2 aromatic heterocycles. The third-order valence-electron chi connectivity index (χ3n) is 2.38. The van der Waals surface area contributed by atoms with Crippen molar-refractivity contribution >= 4 is 34.1 Å². The van der Waals surface area contributed by atoms with Gasteiger partial charge in [-0.05, 0) is 35.5 Å². The van der Waals surface area contributed by atoms with Crippen molar-refractivity contribution in [3.05, 3.63) is 30.1 Å². The summed E-state index contributed by atoms with van der Waals surface area (Å²) in [4.78, 5) is 7.23. The van der Waals surface area contributed by atoms with Crippen LogP contribution in [-0.4, -0.2) is 22.7 Å². The molecular weight excluding hydrogens is 252 g/mol. The second-order valence-electron chi connectivity index (χ2n) is 3.62. The maximum atomic E-state index is 5.82. The molecule has 0 unspecified atom stereocenters. The van der Waals surface area contributed by atoms with E-state index in [0.29, 0.717) is 5.82 Å². The number of hydrogen-bond donors (Lipinski definition) is 1. The van der Waals surface area contributed by atoms with Crippen molar-refractivity contribution in [1.82, 2.24) is 9.36 Å². The number of nitrogens with zero attached hydrogens (tertiary/aromatic N) is 3. The van der Waals surface area contributed by atoms with Crippen LogP contribution < -0.4 is 10.6 Å². The maximum Gasteiger partial charge on any atom is 0.153 e. The van der Waals surface area contributed by atoms with Gasteiger partial charge in [-0.3, -0.25) is 4.98 Å². The van der Waals surface area contributed by atoms with Gasteiger partial charge in [0.25, 0.3) is 0 Å². The van der Waals surface area contributed by atoms with Crippen LogP contribution in [0.4, 0.5) is 10.8 Å². The molecule has 0 radical (unpaired) electrons. The Labute approximate surface area is 109 Å². The van der Waals surface area contributed by atoms with Crippen molar-refractivity contribution in [3.63, 3.8) is 0 Å². The van der Waals surface area contributed by atoms with Crippen molar-refractivity contribution in [2.24, 2.45) is 0 Å². The Morgan fingerprint density at radius 3 is 2.76 bits per heavy atom. The highest BCUT2D eigenvalue weighted by Gasteiger charge is 2.14. The van der Waals surface area contributed by atoms with Crippen molar-refractivity contribution in [2.45, 2.75) is 11.4 Å². The Kier molecular flexibility index (Phi) is 3.86.